The quantitative estimate of drug-likeness (QED) is 0.00747. The Morgan fingerprint density at radius 3 is 1.67 bits per heavy atom. The van der Waals surface area contributed by atoms with E-state index in [0.29, 0.717) is 41.8 Å². The molecule has 6 atom stereocenters. The normalized spacial score (nSPS) is 16.3. The predicted octanol–water partition coefficient (Wildman–Crippen LogP) is 3.74. The van der Waals surface area contributed by atoms with Crippen molar-refractivity contribution in [3.63, 3.8) is 0 Å². The highest BCUT2D eigenvalue weighted by Gasteiger charge is 2.40. The van der Waals surface area contributed by atoms with Gasteiger partial charge in [-0.25, -0.2) is 4.79 Å². The molecule has 2 aliphatic rings. The summed E-state index contributed by atoms with van der Waals surface area (Å²) in [5.41, 5.74) is 9.60. The molecule has 0 aliphatic carbocycles. The van der Waals surface area contributed by atoms with Gasteiger partial charge in [-0.15, -0.1) is 16.9 Å². The summed E-state index contributed by atoms with van der Waals surface area (Å²) in [7, 11) is -9.22. The number of anilines is 2. The number of aromatic hydroxyl groups is 1. The molecule has 17 N–H and O–H groups in total. The molecule has 45 heteroatoms. The molecule has 2 aliphatic heterocycles. The topological polar surface area (TPSA) is 646 Å². The van der Waals surface area contributed by atoms with Gasteiger partial charge >= 0.3 is 49.4 Å². The molecule has 2 fully saturated rings. The number of phenolic OH excluding ortho intramolecular Hbond substituents is 1. The Balaban J connectivity index is 0.970. The van der Waals surface area contributed by atoms with Gasteiger partial charge in [0, 0.05) is 127 Å². The van der Waals surface area contributed by atoms with Crippen molar-refractivity contribution in [1.29, 1.82) is 0 Å². The van der Waals surface area contributed by atoms with E-state index in [1.807, 2.05) is 12.1 Å². The number of nitrogens with two attached hydrogens (primary N) is 1. The van der Waals surface area contributed by atoms with E-state index in [4.69, 9.17) is 15.4 Å². The molecule has 2 saturated heterocycles. The zero-order chi connectivity index (χ0) is 90.8. The molecule has 4 aromatic carbocycles. The summed E-state index contributed by atoms with van der Waals surface area (Å²) in [6.07, 6.45) is -2.46. The van der Waals surface area contributed by atoms with Gasteiger partial charge in [0.15, 0.2) is 5.75 Å². The first kappa shape index (κ1) is 101. The third-order valence-electron chi connectivity index (χ3n) is 20.2. The number of rotatable bonds is 51. The number of ketones is 1. The second-order valence-corrected chi connectivity index (χ2v) is 34.3. The molecule has 0 radical (unpaired) electrons. The molecule has 0 saturated carbocycles. The second kappa shape index (κ2) is 49.4. The third kappa shape index (κ3) is 35.1. The lowest BCUT2D eigenvalue weighted by molar-refractivity contribution is -0.145. The summed E-state index contributed by atoms with van der Waals surface area (Å²) in [6, 6.07) is 12.8. The van der Waals surface area contributed by atoms with E-state index in [0.717, 1.165) is 33.9 Å². The van der Waals surface area contributed by atoms with Crippen molar-refractivity contribution >= 4 is 152 Å². The molecule has 7 amide bonds. The number of carboxylic acid groups (broad SMARTS) is 7. The molecule has 0 bridgehead atoms. The number of imide groups is 1. The van der Waals surface area contributed by atoms with Crippen LogP contribution in [0.15, 0.2) is 75.8 Å². The Labute approximate surface area is 711 Å². The van der Waals surface area contributed by atoms with Crippen molar-refractivity contribution in [2.24, 2.45) is 22.1 Å². The largest absolute Gasteiger partial charge is 0.505 e. The molecule has 674 valence electrons. The van der Waals surface area contributed by atoms with E-state index in [1.54, 1.807) is 57.7 Å². The smallest absolute Gasteiger partial charge is 0.328 e. The molecule has 6 rings (SSSR count). The average Bonchev–Trinajstić information content (AvgIpc) is 1.68. The molecule has 123 heavy (non-hydrogen) atoms. The molecule has 2 heterocycles. The molecule has 0 aromatic heterocycles. The number of hydrogen-bond donors (Lipinski definition) is 16. The van der Waals surface area contributed by atoms with Gasteiger partial charge in [0.05, 0.1) is 72.9 Å². The summed E-state index contributed by atoms with van der Waals surface area (Å²) in [5.74, 6) is -17.2. The highest BCUT2D eigenvalue weighted by atomic mass is 32.2. The number of carbonyl (C=O) groups excluding carboxylic acids is 8. The second-order valence-electron chi connectivity index (χ2n) is 29.8. The van der Waals surface area contributed by atoms with Crippen molar-refractivity contribution in [3.8, 4) is 16.9 Å². The first-order chi connectivity index (χ1) is 58.1. The number of nitrogens with zero attached hydrogens (tertiary/aromatic N) is 7. The van der Waals surface area contributed by atoms with Crippen LogP contribution in [0.1, 0.15) is 114 Å². The number of azo groups is 1. The van der Waals surface area contributed by atoms with Crippen LogP contribution in [0, 0.1) is 25.7 Å². The van der Waals surface area contributed by atoms with Gasteiger partial charge in [0.2, 0.25) is 41.4 Å². The maximum atomic E-state index is 14.5. The lowest BCUT2D eigenvalue weighted by Crippen LogP contribution is -2.51. The van der Waals surface area contributed by atoms with E-state index in [9.17, 15) is 130 Å². The lowest BCUT2D eigenvalue weighted by Gasteiger charge is -2.33. The molecule has 4 aromatic rings. The third-order valence-corrected chi connectivity index (χ3v) is 23.8. The molecule has 3 unspecified atom stereocenters. The van der Waals surface area contributed by atoms with Gasteiger partial charge in [0.25, 0.3) is 10.1 Å². The maximum absolute atomic E-state index is 14.5. The number of nitrogen functional groups attached to an aromatic ring is 1. The summed E-state index contributed by atoms with van der Waals surface area (Å²) in [5, 5.41) is 98.7. The van der Waals surface area contributed by atoms with Gasteiger partial charge in [-0.3, -0.25) is 101 Å². The summed E-state index contributed by atoms with van der Waals surface area (Å²) in [6.45, 7) is 2.48. The summed E-state index contributed by atoms with van der Waals surface area (Å²) < 4.78 is 51.1. The number of carbonyl (C=O) groups is 15. The lowest BCUT2D eigenvalue weighted by atomic mass is 9.94. The number of amides is 7. The van der Waals surface area contributed by atoms with Gasteiger partial charge in [0.1, 0.15) is 28.4 Å². The van der Waals surface area contributed by atoms with Crippen LogP contribution in [0.3, 0.4) is 0 Å². The summed E-state index contributed by atoms with van der Waals surface area (Å²) in [4.78, 5) is 205. The van der Waals surface area contributed by atoms with Crippen LogP contribution < -0.4 is 32.3 Å². The first-order valence-electron chi connectivity index (χ1n) is 39.5. The first-order valence-corrected chi connectivity index (χ1v) is 43.8. The minimum absolute atomic E-state index is 0.0250. The van der Waals surface area contributed by atoms with E-state index < -0.39 is 198 Å². The SMILES string of the molecule is Cc1cc(-c2ccc(NC(=O)[C@@H](CCCCNC(=O)CCN3C(=O)CC(SCC(=O)NCCCCCC(=O)C[C@@H](CCC(=O)N[C@@H](CCCOP(=O)(O)CC(CCC(=O)O)C(=O)O)C(=O)O)C(=O)O)C3=O)NC(=O)CN3CCN(CC(=O)O)CCN(CC(=O)O)CCN(CC(=O)O)CC3)c(C)c2)ccc1N=Nc1ccc2c(S(=O)(=O)O)ccc(N)c2c1O. The Kier molecular flexibility index (Phi) is 40.5. The van der Waals surface area contributed by atoms with Gasteiger partial charge in [-0.1, -0.05) is 24.6 Å². The number of carboxylic acids is 7. The van der Waals surface area contributed by atoms with Crippen LogP contribution in [-0.4, -0.2) is 306 Å². The number of aliphatic carboxylic acids is 7. The minimum Gasteiger partial charge on any atom is -0.505 e. The average molecular weight is 1780 g/mol. The number of likely N-dealkylation sites (tertiary alicyclic amines) is 1. The van der Waals surface area contributed by atoms with Crippen LogP contribution in [0.4, 0.5) is 22.7 Å². The Morgan fingerprint density at radius 2 is 1.11 bits per heavy atom. The number of phenols is 1. The van der Waals surface area contributed by atoms with Crippen molar-refractivity contribution in [1.82, 2.24) is 45.8 Å². The van der Waals surface area contributed by atoms with E-state index in [1.165, 1.54) is 18.2 Å². The number of fused-ring (bicyclic) bond motifs is 1. The van der Waals surface area contributed by atoms with Crippen LogP contribution >= 0.6 is 19.4 Å². The highest BCUT2D eigenvalue weighted by molar-refractivity contribution is 8.01. The highest BCUT2D eigenvalue weighted by Crippen LogP contribution is 2.45. The van der Waals surface area contributed by atoms with Crippen LogP contribution in [-0.2, 0) is 91.1 Å². The van der Waals surface area contributed by atoms with E-state index in [-0.39, 0.29) is 171 Å². The summed E-state index contributed by atoms with van der Waals surface area (Å²) >= 11 is 0.935. The van der Waals surface area contributed by atoms with Crippen molar-refractivity contribution < 1.29 is 140 Å². The molecule has 0 spiro atoms. The number of unbranched alkanes of at least 4 members (excludes halogenated alkanes) is 3. The fraction of sp³-hybridized carbons (Fsp3) is 0.526. The number of benzene rings is 4. The van der Waals surface area contributed by atoms with Gasteiger partial charge in [-0.05, 0) is 136 Å². The van der Waals surface area contributed by atoms with E-state index >= 15 is 0 Å². The number of Topliss-reactive ketones (excluding diaryl/α,β-unsaturated/α-hetero) is 1. The maximum Gasteiger partial charge on any atom is 0.328 e. The fourth-order valence-corrected chi connectivity index (χ4v) is 16.6. The zero-order valence-corrected chi connectivity index (χ0v) is 70.4. The van der Waals surface area contributed by atoms with Crippen LogP contribution in [0.2, 0.25) is 0 Å². The van der Waals surface area contributed by atoms with Gasteiger partial charge in [-0.2, -0.15) is 13.5 Å². The predicted molar refractivity (Wildman–Crippen MR) is 443 cm³/mol. The monoisotopic (exact) mass is 1780 g/mol. The van der Waals surface area contributed by atoms with E-state index in [2.05, 4.69) is 36.8 Å². The number of hydrogen-bond acceptors (Lipinski definition) is 28. The van der Waals surface area contributed by atoms with Crippen LogP contribution in [0.5, 0.6) is 5.75 Å². The Bertz CT molecular complexity index is 4680. The standard InChI is InChI=1S/C78H106N13O29PS2/c1-47-37-49(50-13-19-57(48(2)38-50)85-86-58-20-16-54-62(123(117,118)119)21-17-55(79)72(54)73(58)106)12-18-56(47)84-74(107)59(82-65(95)41-87-28-30-88(42-69(100)101)32-34-90(44-71(104)105)35-33-89(31-29-87)43-70(102)103)10-5-7-26-80-63(93)24-27-91-67(97)40-61(75(91)108)122-46-66(96)81-25-6-3-4-9-53(92)39-51(76(109)110)14-22-64(94)83-60(78(113)114)11-8-36-120-121(115,116)45-52(77(111)112)15-23-68(98)99/h12-13,16-21,37-38,51-52,59-61,106H,3-11,14-15,22-36,39-46,79H2,1-2H3,(H,80,93)(H,81,96)(H,82,95)(H,83,94)(H,84,107)(H,98,99)(H,100,101)(H,102,103)(H,104,105)(H,109,110)(H,111,112)(H,113,114)(H,115,116)(H,117,118,119)/t51-,52?,59-,60+,61?/m1/s1. The minimum atomic E-state index is -4.67. The van der Waals surface area contributed by atoms with Crippen LogP contribution in [0.25, 0.3) is 21.9 Å². The fourth-order valence-electron chi connectivity index (χ4n) is 13.5. The molecular weight excluding hydrogens is 1680 g/mol. The number of thioether (sulfide) groups is 1. The van der Waals surface area contributed by atoms with Crippen molar-refractivity contribution in [2.75, 3.05) is 128 Å². The number of nitrogens with one attached hydrogen (secondary N) is 5. The zero-order valence-electron chi connectivity index (χ0n) is 67.9. The molecular formula is C78H106N13O29PS2. The van der Waals surface area contributed by atoms with Crippen molar-refractivity contribution in [3.05, 3.63) is 71.8 Å². The Hall–Kier alpha value is -11.0. The number of aryl methyl sites for hydroxylation is 2. The van der Waals surface area contributed by atoms with Gasteiger partial charge < -0.3 is 82.6 Å². The Morgan fingerprint density at radius 1 is 0.577 bits per heavy atom. The van der Waals surface area contributed by atoms with Crippen molar-refractivity contribution in [2.45, 2.75) is 139 Å². The molecule has 42 nitrogen and oxygen atoms in total.